The van der Waals surface area contributed by atoms with Gasteiger partial charge in [-0.15, -0.1) is 0 Å². The zero-order valence-electron chi connectivity index (χ0n) is 21.7. The number of fused-ring (bicyclic) bond motifs is 1. The molecule has 0 saturated carbocycles. The quantitative estimate of drug-likeness (QED) is 0.318. The predicted molar refractivity (Wildman–Crippen MR) is 150 cm³/mol. The second-order valence-corrected chi connectivity index (χ2v) is 11.8. The van der Waals surface area contributed by atoms with Gasteiger partial charge in [-0.2, -0.15) is 0 Å². The van der Waals surface area contributed by atoms with Gasteiger partial charge in [-0.1, -0.05) is 29.0 Å². The van der Waals surface area contributed by atoms with Crippen LogP contribution >= 0.6 is 11.3 Å². The van der Waals surface area contributed by atoms with Crippen LogP contribution in [0.5, 0.6) is 11.5 Å². The van der Waals surface area contributed by atoms with Gasteiger partial charge in [-0.3, -0.25) is 18.5 Å². The molecule has 3 aromatic carbocycles. The molecule has 0 fully saturated rings. The molecule has 0 aliphatic heterocycles. The number of methoxy groups -OCH3 is 2. The molecule has 1 amide bonds. The predicted octanol–water partition coefficient (Wildman–Crippen LogP) is 4.80. The largest absolute Gasteiger partial charge is 0.493 e. The summed E-state index contributed by atoms with van der Waals surface area (Å²) in [6.07, 6.45) is 0. The van der Waals surface area contributed by atoms with E-state index in [2.05, 4.69) is 5.32 Å². The fourth-order valence-electron chi connectivity index (χ4n) is 4.07. The monoisotopic (exact) mass is 555 g/mol. The number of aromatic nitrogens is 1. The van der Waals surface area contributed by atoms with E-state index in [1.807, 2.05) is 20.8 Å². The molecule has 1 heterocycles. The van der Waals surface area contributed by atoms with Gasteiger partial charge < -0.3 is 14.8 Å². The number of nitrogens with zero attached hydrogens (tertiary/aromatic N) is 2. The molecule has 0 aliphatic carbocycles. The Morgan fingerprint density at radius 2 is 1.68 bits per heavy atom. The number of amides is 1. The number of aryl methyl sites for hydroxylation is 1. The van der Waals surface area contributed by atoms with Crippen LogP contribution in [-0.4, -0.2) is 39.7 Å². The van der Waals surface area contributed by atoms with Crippen molar-refractivity contribution in [3.63, 3.8) is 0 Å². The van der Waals surface area contributed by atoms with E-state index in [9.17, 15) is 18.0 Å². The van der Waals surface area contributed by atoms with E-state index < -0.39 is 22.5 Å². The van der Waals surface area contributed by atoms with Crippen LogP contribution in [0.3, 0.4) is 0 Å². The Hall–Kier alpha value is -3.83. The van der Waals surface area contributed by atoms with Gasteiger partial charge in [0, 0.05) is 17.8 Å². The number of hydrogen-bond acceptors (Lipinski definition) is 7. The van der Waals surface area contributed by atoms with Gasteiger partial charge in [-0.05, 0) is 63.2 Å². The lowest BCUT2D eigenvalue weighted by Gasteiger charge is -2.25. The minimum Gasteiger partial charge on any atom is -0.493 e. The van der Waals surface area contributed by atoms with Crippen molar-refractivity contribution in [3.05, 3.63) is 75.9 Å². The number of sulfonamides is 1. The Balaban J connectivity index is 1.69. The molecule has 0 aliphatic rings. The molecule has 0 atom stereocenters. The van der Waals surface area contributed by atoms with E-state index in [1.165, 1.54) is 32.4 Å². The van der Waals surface area contributed by atoms with Crippen LogP contribution in [0, 0.1) is 6.92 Å². The molecule has 4 rings (SSSR count). The maximum absolute atomic E-state index is 13.7. The van der Waals surface area contributed by atoms with Gasteiger partial charge in [0.1, 0.15) is 6.54 Å². The van der Waals surface area contributed by atoms with Gasteiger partial charge in [0.25, 0.3) is 10.0 Å². The van der Waals surface area contributed by atoms with E-state index in [1.54, 1.807) is 47.0 Å². The van der Waals surface area contributed by atoms with Crippen LogP contribution < -0.4 is 24.0 Å². The van der Waals surface area contributed by atoms with Crippen LogP contribution in [0.25, 0.3) is 10.2 Å². The molecule has 0 saturated heterocycles. The summed E-state index contributed by atoms with van der Waals surface area (Å²) in [6.45, 7) is 5.23. The number of benzene rings is 3. The van der Waals surface area contributed by atoms with Crippen molar-refractivity contribution in [1.82, 2.24) is 4.57 Å². The van der Waals surface area contributed by atoms with Crippen LogP contribution in [0.4, 0.5) is 11.4 Å². The highest BCUT2D eigenvalue weighted by atomic mass is 32.2. The van der Waals surface area contributed by atoms with Crippen LogP contribution in [0.15, 0.2) is 70.4 Å². The minimum atomic E-state index is -4.12. The lowest BCUT2D eigenvalue weighted by atomic mass is 10.2. The zero-order chi connectivity index (χ0) is 27.6. The Morgan fingerprint density at radius 3 is 2.32 bits per heavy atom. The Morgan fingerprint density at radius 1 is 1.00 bits per heavy atom. The topological polar surface area (TPSA) is 107 Å². The summed E-state index contributed by atoms with van der Waals surface area (Å²) < 4.78 is 41.5. The third-order valence-corrected chi connectivity index (χ3v) is 8.67. The molecule has 1 N–H and O–H groups in total. The molecule has 200 valence electrons. The molecule has 38 heavy (non-hydrogen) atoms. The first-order chi connectivity index (χ1) is 18.0. The average Bonchev–Trinajstić information content (AvgIpc) is 3.22. The van der Waals surface area contributed by atoms with E-state index in [4.69, 9.17) is 9.47 Å². The Kier molecular flexibility index (Phi) is 7.79. The number of thiazole rings is 1. The maximum Gasteiger partial charge on any atom is 0.308 e. The number of carbonyl (C=O) groups is 1. The lowest BCUT2D eigenvalue weighted by molar-refractivity contribution is -0.114. The van der Waals surface area contributed by atoms with Gasteiger partial charge in [0.2, 0.25) is 5.91 Å². The van der Waals surface area contributed by atoms with Gasteiger partial charge in [0.15, 0.2) is 11.5 Å². The molecular formula is C27H29N3O6S2. The molecular weight excluding hydrogens is 526 g/mol. The summed E-state index contributed by atoms with van der Waals surface area (Å²) in [5.41, 5.74) is 2.38. The number of hydrogen-bond donors (Lipinski definition) is 1. The van der Waals surface area contributed by atoms with Gasteiger partial charge >= 0.3 is 4.87 Å². The molecule has 9 nitrogen and oxygen atoms in total. The standard InChI is InChI=1S/C27H29N3O6S2/c1-17(2)30-22-12-8-19(14-25(22)37-27(30)32)28-26(31)16-29(20-9-13-23(35-4)24(15-20)36-5)38(33,34)21-10-6-18(3)7-11-21/h6-15,17H,16H2,1-5H3,(H,28,31). The van der Waals surface area contributed by atoms with Gasteiger partial charge in [-0.25, -0.2) is 8.42 Å². The fraction of sp³-hybridized carbons (Fsp3) is 0.259. The second-order valence-electron chi connectivity index (χ2n) is 8.93. The average molecular weight is 556 g/mol. The van der Waals surface area contributed by atoms with E-state index in [-0.39, 0.29) is 21.5 Å². The summed E-state index contributed by atoms with van der Waals surface area (Å²) in [7, 11) is -1.19. The summed E-state index contributed by atoms with van der Waals surface area (Å²) >= 11 is 1.09. The van der Waals surface area contributed by atoms with Crippen molar-refractivity contribution >= 4 is 48.9 Å². The Bertz CT molecular complexity index is 1640. The summed E-state index contributed by atoms with van der Waals surface area (Å²) in [5, 5.41) is 2.77. The van der Waals surface area contributed by atoms with Crippen molar-refractivity contribution in [2.75, 3.05) is 30.4 Å². The Labute approximate surface area is 225 Å². The van der Waals surface area contributed by atoms with Crippen molar-refractivity contribution in [2.24, 2.45) is 0 Å². The first-order valence-electron chi connectivity index (χ1n) is 11.8. The molecule has 1 aromatic heterocycles. The van der Waals surface area contributed by atoms with Crippen molar-refractivity contribution < 1.29 is 22.7 Å². The highest BCUT2D eigenvalue weighted by molar-refractivity contribution is 7.92. The maximum atomic E-state index is 13.7. The van der Waals surface area contributed by atoms with Crippen molar-refractivity contribution in [1.29, 1.82) is 0 Å². The van der Waals surface area contributed by atoms with Crippen molar-refractivity contribution in [3.8, 4) is 11.5 Å². The normalized spacial score (nSPS) is 11.5. The number of rotatable bonds is 9. The molecule has 0 radical (unpaired) electrons. The SMILES string of the molecule is COc1ccc(N(CC(=O)Nc2ccc3c(c2)sc(=O)n3C(C)C)S(=O)(=O)c2ccc(C)cc2)cc1OC. The molecule has 4 aromatic rings. The zero-order valence-corrected chi connectivity index (χ0v) is 23.4. The highest BCUT2D eigenvalue weighted by Crippen LogP contribution is 2.34. The molecule has 0 unspecified atom stereocenters. The van der Waals surface area contributed by atoms with E-state index in [0.717, 1.165) is 31.4 Å². The van der Waals surface area contributed by atoms with Gasteiger partial charge in [0.05, 0.1) is 35.0 Å². The summed E-state index contributed by atoms with van der Waals surface area (Å²) in [6, 6.07) is 16.2. The first-order valence-corrected chi connectivity index (χ1v) is 14.1. The minimum absolute atomic E-state index is 0.00119. The third-order valence-electron chi connectivity index (χ3n) is 5.96. The lowest BCUT2D eigenvalue weighted by Crippen LogP contribution is -2.38. The second kappa shape index (κ2) is 10.9. The van der Waals surface area contributed by atoms with Crippen LogP contribution in [-0.2, 0) is 14.8 Å². The number of anilines is 2. The van der Waals surface area contributed by atoms with E-state index in [0.29, 0.717) is 17.2 Å². The summed E-state index contributed by atoms with van der Waals surface area (Å²) in [4.78, 5) is 25.5. The third kappa shape index (κ3) is 5.39. The molecule has 11 heteroatoms. The summed E-state index contributed by atoms with van der Waals surface area (Å²) in [5.74, 6) is 0.198. The van der Waals surface area contributed by atoms with Crippen LogP contribution in [0.1, 0.15) is 25.5 Å². The molecule has 0 spiro atoms. The van der Waals surface area contributed by atoms with Crippen molar-refractivity contribution in [2.45, 2.75) is 31.7 Å². The fourth-order valence-corrected chi connectivity index (χ4v) is 6.53. The number of nitrogens with one attached hydrogen (secondary N) is 1. The van der Waals surface area contributed by atoms with E-state index >= 15 is 0 Å². The highest BCUT2D eigenvalue weighted by Gasteiger charge is 2.28. The smallest absolute Gasteiger partial charge is 0.308 e. The number of carbonyl (C=O) groups excluding carboxylic acids is 1. The van der Waals surface area contributed by atoms with Crippen LogP contribution in [0.2, 0.25) is 0 Å². The molecule has 0 bridgehead atoms. The first kappa shape index (κ1) is 27.2. The number of ether oxygens (including phenoxy) is 2.